The second kappa shape index (κ2) is 9.43. The average Bonchev–Trinajstić information content (AvgIpc) is 2.56. The van der Waals surface area contributed by atoms with Gasteiger partial charge in [-0.25, -0.2) is 9.45 Å². The van der Waals surface area contributed by atoms with Crippen molar-refractivity contribution in [2.24, 2.45) is 5.92 Å². The molecule has 136 valence electrons. The number of hydrogen-bond acceptors (Lipinski definition) is 5. The smallest absolute Gasteiger partial charge is 0.296 e. The maximum atomic E-state index is 12.9. The first-order valence-electron chi connectivity index (χ1n) is 7.92. The Bertz CT molecular complexity index is 632. The van der Waals surface area contributed by atoms with Crippen LogP contribution >= 0.6 is 11.9 Å². The summed E-state index contributed by atoms with van der Waals surface area (Å²) in [5.41, 5.74) is 0.644. The fraction of sp³-hybridized carbons (Fsp3) is 0.412. The van der Waals surface area contributed by atoms with E-state index in [0.717, 1.165) is 29.7 Å². The van der Waals surface area contributed by atoms with Crippen LogP contribution in [0.5, 0.6) is 0 Å². The molecule has 8 heteroatoms. The van der Waals surface area contributed by atoms with E-state index < -0.39 is 17.6 Å². The lowest BCUT2D eigenvalue weighted by atomic mass is 9.87. The molecule has 6 nitrogen and oxygen atoms in total. The molecule has 1 fully saturated rings. The van der Waals surface area contributed by atoms with Crippen molar-refractivity contribution in [1.29, 1.82) is 0 Å². The minimum Gasteiger partial charge on any atom is -0.503 e. The molecule has 1 aromatic carbocycles. The second-order valence-corrected chi connectivity index (χ2v) is 6.58. The highest BCUT2D eigenvalue weighted by molar-refractivity contribution is 7.97. The van der Waals surface area contributed by atoms with Gasteiger partial charge in [-0.2, -0.15) is 0 Å². The van der Waals surface area contributed by atoms with Crippen molar-refractivity contribution in [1.82, 2.24) is 9.79 Å². The predicted molar refractivity (Wildman–Crippen MR) is 92.6 cm³/mol. The van der Waals surface area contributed by atoms with Crippen molar-refractivity contribution < 1.29 is 23.9 Å². The molecule has 0 bridgehead atoms. The van der Waals surface area contributed by atoms with Crippen LogP contribution in [0.1, 0.15) is 24.8 Å². The summed E-state index contributed by atoms with van der Waals surface area (Å²) < 4.78 is 15.4. The first-order chi connectivity index (χ1) is 12.0. The van der Waals surface area contributed by atoms with Gasteiger partial charge in [-0.1, -0.05) is 18.6 Å². The average molecular weight is 368 g/mol. The molecule has 0 atom stereocenters. The summed E-state index contributed by atoms with van der Waals surface area (Å²) in [6, 6.07) is 5.57. The highest BCUT2D eigenvalue weighted by atomic mass is 32.2. The van der Waals surface area contributed by atoms with Crippen molar-refractivity contribution in [3.05, 3.63) is 47.5 Å². The summed E-state index contributed by atoms with van der Waals surface area (Å²) in [4.78, 5) is 28.8. The molecule has 0 saturated heterocycles. The number of hydrogen-bond donors (Lipinski definition) is 2. The van der Waals surface area contributed by atoms with Crippen molar-refractivity contribution >= 4 is 23.8 Å². The molecule has 1 saturated carbocycles. The Morgan fingerprint density at radius 1 is 1.40 bits per heavy atom. The molecule has 1 aliphatic rings. The van der Waals surface area contributed by atoms with Crippen LogP contribution in [0.3, 0.4) is 0 Å². The molecular formula is C17H21FN2O4S. The third-order valence-corrected chi connectivity index (χ3v) is 4.87. The number of rotatable bonds is 8. The number of hydroxylamine groups is 2. The number of benzene rings is 1. The maximum absolute atomic E-state index is 12.9. The van der Waals surface area contributed by atoms with Gasteiger partial charge in [0.25, 0.3) is 11.8 Å². The van der Waals surface area contributed by atoms with Crippen LogP contribution < -0.4 is 4.72 Å². The van der Waals surface area contributed by atoms with Crippen LogP contribution in [-0.4, -0.2) is 34.8 Å². The van der Waals surface area contributed by atoms with Crippen molar-refractivity contribution in [3.63, 3.8) is 0 Å². The zero-order chi connectivity index (χ0) is 18.2. The topological polar surface area (TPSA) is 78.9 Å². The zero-order valence-electron chi connectivity index (χ0n) is 13.9. The molecule has 0 heterocycles. The van der Waals surface area contributed by atoms with Gasteiger partial charge < -0.3 is 5.11 Å². The van der Waals surface area contributed by atoms with E-state index in [1.165, 1.54) is 49.7 Å². The second-order valence-electron chi connectivity index (χ2n) is 5.75. The van der Waals surface area contributed by atoms with Gasteiger partial charge in [0.1, 0.15) is 5.82 Å². The number of aliphatic hydroxyl groups excluding tert-OH is 1. The Labute approximate surface area is 150 Å². The molecule has 2 rings (SSSR count). The van der Waals surface area contributed by atoms with E-state index in [-0.39, 0.29) is 12.4 Å². The standard InChI is InChI=1S/C17H21FN2O4S/c1-24-20(10-12-5-7-14(18)8-6-12)16(22)9-15(21)17(23)19-25-11-13-3-2-4-13/h5-9,13,21H,2-4,10-11H2,1H3,(H,19,23)/b15-9-. The predicted octanol–water partition coefficient (Wildman–Crippen LogP) is 2.72. The summed E-state index contributed by atoms with van der Waals surface area (Å²) in [6.07, 6.45) is 4.34. The van der Waals surface area contributed by atoms with E-state index in [0.29, 0.717) is 11.5 Å². The van der Waals surface area contributed by atoms with Crippen molar-refractivity contribution in [2.75, 3.05) is 12.9 Å². The SMILES string of the molecule is CON(Cc1ccc(F)cc1)C(=O)/C=C(\O)C(=O)NSCC1CCC1. The van der Waals surface area contributed by atoms with E-state index >= 15 is 0 Å². The van der Waals surface area contributed by atoms with Gasteiger partial charge in [0.15, 0.2) is 5.76 Å². The first kappa shape index (κ1) is 19.3. The highest BCUT2D eigenvalue weighted by Crippen LogP contribution is 2.28. The number of halogens is 1. The van der Waals surface area contributed by atoms with Crippen molar-refractivity contribution in [3.8, 4) is 0 Å². The van der Waals surface area contributed by atoms with Gasteiger partial charge in [0.05, 0.1) is 19.7 Å². The van der Waals surface area contributed by atoms with Crippen LogP contribution in [0.15, 0.2) is 36.1 Å². The lowest BCUT2D eigenvalue weighted by molar-refractivity contribution is -0.173. The van der Waals surface area contributed by atoms with Crippen LogP contribution in [0.4, 0.5) is 4.39 Å². The maximum Gasteiger partial charge on any atom is 0.296 e. The molecule has 0 aromatic heterocycles. The number of carbonyl (C=O) groups excluding carboxylic acids is 2. The van der Waals surface area contributed by atoms with Crippen LogP contribution in [-0.2, 0) is 21.0 Å². The molecule has 2 N–H and O–H groups in total. The van der Waals surface area contributed by atoms with Gasteiger partial charge >= 0.3 is 0 Å². The fourth-order valence-corrected chi connectivity index (χ4v) is 3.07. The molecule has 0 spiro atoms. The van der Waals surface area contributed by atoms with Gasteiger partial charge in [0, 0.05) is 5.75 Å². The Balaban J connectivity index is 1.85. The highest BCUT2D eigenvalue weighted by Gasteiger charge is 2.19. The third kappa shape index (κ3) is 6.06. The largest absolute Gasteiger partial charge is 0.503 e. The molecule has 1 aromatic rings. The van der Waals surface area contributed by atoms with E-state index in [9.17, 15) is 19.1 Å². The van der Waals surface area contributed by atoms with Gasteiger partial charge in [-0.15, -0.1) is 0 Å². The molecule has 1 aliphatic carbocycles. The van der Waals surface area contributed by atoms with Gasteiger partial charge in [-0.05, 0) is 48.4 Å². The van der Waals surface area contributed by atoms with E-state index in [1.807, 2.05) is 0 Å². The molecule has 0 unspecified atom stereocenters. The van der Waals surface area contributed by atoms with Crippen LogP contribution in [0.2, 0.25) is 0 Å². The fourth-order valence-electron chi connectivity index (χ4n) is 2.18. The minimum absolute atomic E-state index is 0.0530. The molecule has 25 heavy (non-hydrogen) atoms. The van der Waals surface area contributed by atoms with Crippen LogP contribution in [0.25, 0.3) is 0 Å². The van der Waals surface area contributed by atoms with E-state index in [1.54, 1.807) is 0 Å². The quantitative estimate of drug-likeness (QED) is 0.319. The number of aliphatic hydroxyl groups is 1. The number of nitrogens with one attached hydrogen (secondary N) is 1. The monoisotopic (exact) mass is 368 g/mol. The lowest BCUT2D eigenvalue weighted by Gasteiger charge is -2.24. The molecular weight excluding hydrogens is 347 g/mol. The van der Waals surface area contributed by atoms with E-state index in [4.69, 9.17) is 4.84 Å². The molecule has 0 radical (unpaired) electrons. The Morgan fingerprint density at radius 3 is 2.64 bits per heavy atom. The molecule has 2 amide bonds. The third-order valence-electron chi connectivity index (χ3n) is 3.91. The first-order valence-corrected chi connectivity index (χ1v) is 8.91. The van der Waals surface area contributed by atoms with E-state index in [2.05, 4.69) is 4.72 Å². The summed E-state index contributed by atoms with van der Waals surface area (Å²) in [5.74, 6) is -1.08. The van der Waals surface area contributed by atoms with Gasteiger partial charge in [0.2, 0.25) is 0 Å². The summed E-state index contributed by atoms with van der Waals surface area (Å²) >= 11 is 1.23. The summed E-state index contributed by atoms with van der Waals surface area (Å²) in [5, 5.41) is 10.7. The number of amides is 2. The summed E-state index contributed by atoms with van der Waals surface area (Å²) in [7, 11) is 1.29. The minimum atomic E-state index is -0.726. The Hall–Kier alpha value is -2.06. The molecule has 0 aliphatic heterocycles. The Morgan fingerprint density at radius 2 is 2.08 bits per heavy atom. The number of nitrogens with zero attached hydrogens (tertiary/aromatic N) is 1. The number of carbonyl (C=O) groups is 2. The van der Waals surface area contributed by atoms with Gasteiger partial charge in [-0.3, -0.25) is 19.1 Å². The zero-order valence-corrected chi connectivity index (χ0v) is 14.7. The normalized spacial score (nSPS) is 14.7. The van der Waals surface area contributed by atoms with Crippen LogP contribution in [0, 0.1) is 11.7 Å². The Kier molecular flexibility index (Phi) is 7.27. The summed E-state index contributed by atoms with van der Waals surface area (Å²) in [6.45, 7) is 0.0530. The lowest BCUT2D eigenvalue weighted by Crippen LogP contribution is -2.29. The van der Waals surface area contributed by atoms with Crippen molar-refractivity contribution in [2.45, 2.75) is 25.8 Å².